The number of carbonyl (C=O) groups is 2. The maximum atomic E-state index is 11.3. The zero-order valence-corrected chi connectivity index (χ0v) is 17.5. The van der Waals surface area contributed by atoms with E-state index in [1.165, 1.54) is 17.3 Å². The number of nitrogen functional groups attached to an aromatic ring is 1. The van der Waals surface area contributed by atoms with E-state index in [2.05, 4.69) is 19.9 Å². The van der Waals surface area contributed by atoms with Gasteiger partial charge in [0.05, 0.1) is 16.9 Å². The number of carboxylic acids is 1. The lowest BCUT2D eigenvalue weighted by molar-refractivity contribution is -0.115. The van der Waals surface area contributed by atoms with E-state index in [4.69, 9.17) is 17.3 Å². The van der Waals surface area contributed by atoms with Crippen LogP contribution in [0.5, 0.6) is 0 Å². The van der Waals surface area contributed by atoms with Crippen molar-refractivity contribution >= 4 is 40.8 Å². The molecular formula is C21H19ClN6O3. The molecule has 31 heavy (non-hydrogen) atoms. The number of H-pyrrole nitrogens is 1. The molecule has 0 aliphatic heterocycles. The molecule has 0 saturated carbocycles. The summed E-state index contributed by atoms with van der Waals surface area (Å²) in [6.45, 7) is 0. The average Bonchev–Trinajstić information content (AvgIpc) is 3.20. The number of nitrogens with zero attached hydrogens (tertiary/aromatic N) is 4. The van der Waals surface area contributed by atoms with Crippen LogP contribution in [0.1, 0.15) is 10.5 Å². The SMILES string of the molecule is CN(C)C=O.Nc1ncc(-c2cnc3[nH]cc(-c4ccccc4)c3c2Cl)nc1C(=O)O. The number of hydrogen-bond donors (Lipinski definition) is 3. The van der Waals surface area contributed by atoms with Crippen molar-refractivity contribution in [3.63, 3.8) is 0 Å². The molecule has 1 aromatic carbocycles. The van der Waals surface area contributed by atoms with Crippen molar-refractivity contribution in [3.8, 4) is 22.4 Å². The molecule has 3 aromatic heterocycles. The van der Waals surface area contributed by atoms with Crippen molar-refractivity contribution in [2.45, 2.75) is 0 Å². The zero-order chi connectivity index (χ0) is 22.5. The summed E-state index contributed by atoms with van der Waals surface area (Å²) in [5, 5.41) is 10.3. The molecule has 4 N–H and O–H groups in total. The lowest BCUT2D eigenvalue weighted by atomic mass is 10.0. The number of aromatic nitrogens is 4. The highest BCUT2D eigenvalue weighted by Gasteiger charge is 2.18. The topological polar surface area (TPSA) is 138 Å². The van der Waals surface area contributed by atoms with E-state index < -0.39 is 5.97 Å². The molecule has 0 aliphatic carbocycles. The first-order valence-corrected chi connectivity index (χ1v) is 9.40. The van der Waals surface area contributed by atoms with Gasteiger partial charge in [0.2, 0.25) is 6.41 Å². The minimum atomic E-state index is -1.26. The van der Waals surface area contributed by atoms with Crippen molar-refractivity contribution in [3.05, 3.63) is 59.6 Å². The number of hydrogen-bond acceptors (Lipinski definition) is 6. The third-order valence-corrected chi connectivity index (χ3v) is 4.61. The van der Waals surface area contributed by atoms with Gasteiger partial charge in [-0.1, -0.05) is 41.9 Å². The number of carboxylic acid groups (broad SMARTS) is 1. The Morgan fingerprint density at radius 3 is 2.45 bits per heavy atom. The molecule has 158 valence electrons. The number of pyridine rings is 1. The maximum Gasteiger partial charge on any atom is 0.358 e. The number of nitrogens with two attached hydrogens (primary N) is 1. The fourth-order valence-electron chi connectivity index (χ4n) is 2.77. The number of aromatic amines is 1. The number of benzene rings is 1. The van der Waals surface area contributed by atoms with Gasteiger partial charge in [0, 0.05) is 43.0 Å². The third kappa shape index (κ3) is 4.62. The number of rotatable bonds is 4. The first kappa shape index (κ1) is 21.7. The largest absolute Gasteiger partial charge is 0.476 e. The van der Waals surface area contributed by atoms with Crippen molar-refractivity contribution in [2.24, 2.45) is 0 Å². The standard InChI is InChI=1S/C18H12ClN5O2.C3H7NO/c19-14-11(12-8-21-16(20)15(24-12)18(25)26)7-23-17-13(14)10(6-22-17)9-4-2-1-3-5-9;1-4(2)3-5/h1-8H,(H2,20,21)(H,22,23)(H,25,26);3H,1-2H3. The van der Waals surface area contributed by atoms with E-state index in [9.17, 15) is 14.7 Å². The lowest BCUT2D eigenvalue weighted by Gasteiger charge is -2.08. The van der Waals surface area contributed by atoms with E-state index in [1.807, 2.05) is 36.5 Å². The summed E-state index contributed by atoms with van der Waals surface area (Å²) >= 11 is 6.64. The summed E-state index contributed by atoms with van der Waals surface area (Å²) in [5.74, 6) is -1.41. The van der Waals surface area contributed by atoms with Gasteiger partial charge in [-0.2, -0.15) is 0 Å². The molecule has 0 radical (unpaired) electrons. The van der Waals surface area contributed by atoms with E-state index >= 15 is 0 Å². The molecule has 0 atom stereocenters. The Morgan fingerprint density at radius 1 is 1.16 bits per heavy atom. The molecule has 3 heterocycles. The summed E-state index contributed by atoms with van der Waals surface area (Å²) in [6.07, 6.45) is 5.49. The Morgan fingerprint density at radius 2 is 1.84 bits per heavy atom. The van der Waals surface area contributed by atoms with Crippen LogP contribution in [0.4, 0.5) is 5.82 Å². The summed E-state index contributed by atoms with van der Waals surface area (Å²) < 4.78 is 0. The molecule has 1 amide bonds. The molecule has 4 aromatic rings. The number of nitrogens with one attached hydrogen (secondary N) is 1. The Bertz CT molecular complexity index is 1240. The fourth-order valence-corrected chi connectivity index (χ4v) is 3.10. The van der Waals surface area contributed by atoms with Gasteiger partial charge >= 0.3 is 5.97 Å². The van der Waals surface area contributed by atoms with Gasteiger partial charge in [-0.05, 0) is 5.56 Å². The van der Waals surface area contributed by atoms with Crippen LogP contribution in [0.25, 0.3) is 33.4 Å². The number of fused-ring (bicyclic) bond motifs is 1. The molecule has 10 heteroatoms. The molecule has 0 saturated heterocycles. The van der Waals surface area contributed by atoms with Gasteiger partial charge in [0.25, 0.3) is 0 Å². The van der Waals surface area contributed by atoms with Crippen molar-refractivity contribution < 1.29 is 14.7 Å². The minimum Gasteiger partial charge on any atom is -0.476 e. The molecule has 0 bridgehead atoms. The molecule has 9 nitrogen and oxygen atoms in total. The van der Waals surface area contributed by atoms with Crippen LogP contribution in [0.15, 0.2) is 48.9 Å². The number of halogens is 1. The van der Waals surface area contributed by atoms with Crippen LogP contribution in [0, 0.1) is 0 Å². The van der Waals surface area contributed by atoms with Gasteiger partial charge in [-0.15, -0.1) is 0 Å². The normalized spacial score (nSPS) is 10.3. The number of aromatic carboxylic acids is 1. The van der Waals surface area contributed by atoms with E-state index in [-0.39, 0.29) is 17.2 Å². The van der Waals surface area contributed by atoms with Crippen LogP contribution in [-0.4, -0.2) is 56.4 Å². The Balaban J connectivity index is 0.000000491. The van der Waals surface area contributed by atoms with Crippen molar-refractivity contribution in [1.82, 2.24) is 24.8 Å². The highest BCUT2D eigenvalue weighted by molar-refractivity contribution is 6.39. The van der Waals surface area contributed by atoms with E-state index in [1.54, 1.807) is 14.1 Å². The number of amides is 1. The predicted molar refractivity (Wildman–Crippen MR) is 119 cm³/mol. The van der Waals surface area contributed by atoms with Gasteiger partial charge in [-0.3, -0.25) is 4.79 Å². The van der Waals surface area contributed by atoms with Crippen LogP contribution in [0.2, 0.25) is 5.02 Å². The third-order valence-electron chi connectivity index (χ3n) is 4.21. The quantitative estimate of drug-likeness (QED) is 0.415. The summed E-state index contributed by atoms with van der Waals surface area (Å²) in [6, 6.07) is 9.74. The van der Waals surface area contributed by atoms with Crippen LogP contribution >= 0.6 is 11.6 Å². The smallest absolute Gasteiger partial charge is 0.358 e. The molecule has 0 spiro atoms. The predicted octanol–water partition coefficient (Wildman–Crippen LogP) is 3.33. The Hall–Kier alpha value is -3.98. The molecule has 0 unspecified atom stereocenters. The van der Waals surface area contributed by atoms with E-state index in [0.717, 1.165) is 22.9 Å². The second-order valence-corrected chi connectivity index (χ2v) is 7.02. The van der Waals surface area contributed by atoms with Crippen molar-refractivity contribution in [2.75, 3.05) is 19.8 Å². The second kappa shape index (κ2) is 9.23. The first-order chi connectivity index (χ1) is 14.8. The van der Waals surface area contributed by atoms with Gasteiger partial charge in [0.15, 0.2) is 11.5 Å². The zero-order valence-electron chi connectivity index (χ0n) is 16.7. The molecule has 0 aliphatic rings. The van der Waals surface area contributed by atoms with Gasteiger partial charge in [-0.25, -0.2) is 19.7 Å². The van der Waals surface area contributed by atoms with Gasteiger partial charge in [0.1, 0.15) is 5.65 Å². The highest BCUT2D eigenvalue weighted by atomic mass is 35.5. The molecule has 4 rings (SSSR count). The summed E-state index contributed by atoms with van der Waals surface area (Å²) in [4.78, 5) is 37.6. The average molecular weight is 439 g/mol. The monoisotopic (exact) mass is 438 g/mol. The Labute approximate surface area is 182 Å². The van der Waals surface area contributed by atoms with Gasteiger partial charge < -0.3 is 20.7 Å². The fraction of sp³-hybridized carbons (Fsp3) is 0.0952. The summed E-state index contributed by atoms with van der Waals surface area (Å²) in [5.41, 5.74) is 8.51. The maximum absolute atomic E-state index is 11.3. The number of anilines is 1. The summed E-state index contributed by atoms with van der Waals surface area (Å²) in [7, 11) is 3.38. The van der Waals surface area contributed by atoms with Crippen LogP contribution in [-0.2, 0) is 4.79 Å². The highest BCUT2D eigenvalue weighted by Crippen LogP contribution is 2.38. The van der Waals surface area contributed by atoms with Crippen molar-refractivity contribution in [1.29, 1.82) is 0 Å². The molecule has 0 fully saturated rings. The number of carbonyl (C=O) groups excluding carboxylic acids is 1. The second-order valence-electron chi connectivity index (χ2n) is 6.64. The minimum absolute atomic E-state index is 0.155. The van der Waals surface area contributed by atoms with Crippen LogP contribution < -0.4 is 5.73 Å². The molecular weight excluding hydrogens is 420 g/mol. The Kier molecular flexibility index (Phi) is 6.46. The lowest BCUT2D eigenvalue weighted by Crippen LogP contribution is -2.08. The first-order valence-electron chi connectivity index (χ1n) is 9.02. The van der Waals surface area contributed by atoms with E-state index in [0.29, 0.717) is 16.2 Å². The van der Waals surface area contributed by atoms with Crippen LogP contribution in [0.3, 0.4) is 0 Å².